The van der Waals surface area contributed by atoms with Crippen LogP contribution in [0.1, 0.15) is 26.3 Å². The van der Waals surface area contributed by atoms with Crippen LogP contribution in [-0.2, 0) is 54.1 Å². The minimum absolute atomic E-state index is 0.0377. The summed E-state index contributed by atoms with van der Waals surface area (Å²) in [5.74, 6) is -2.12. The molecule has 1 aromatic carbocycles. The lowest BCUT2D eigenvalue weighted by atomic mass is 9.97. The van der Waals surface area contributed by atoms with Crippen molar-refractivity contribution < 1.29 is 57.1 Å². The predicted octanol–water partition coefficient (Wildman–Crippen LogP) is 0.556. The van der Waals surface area contributed by atoms with E-state index in [-0.39, 0.29) is 13.2 Å². The Morgan fingerprint density at radius 1 is 1.08 bits per heavy atom. The lowest BCUT2D eigenvalue weighted by Gasteiger charge is -2.42. The first-order valence-corrected chi connectivity index (χ1v) is 11.7. The van der Waals surface area contributed by atoms with Gasteiger partial charge in [0, 0.05) is 13.8 Å². The molecule has 14 heteroatoms. The van der Waals surface area contributed by atoms with Crippen LogP contribution >= 0.6 is 0 Å². The van der Waals surface area contributed by atoms with Crippen molar-refractivity contribution >= 4 is 30.1 Å². The Bertz CT molecular complexity index is 1020. The number of amides is 2. The second-order valence-electron chi connectivity index (χ2n) is 8.51. The van der Waals surface area contributed by atoms with Crippen molar-refractivity contribution in [2.75, 3.05) is 13.7 Å². The third-order valence-electron chi connectivity index (χ3n) is 5.69. The Morgan fingerprint density at radius 3 is 2.42 bits per heavy atom. The summed E-state index contributed by atoms with van der Waals surface area (Å²) in [6, 6.07) is 6.62. The first-order valence-electron chi connectivity index (χ1n) is 11.7. The Kier molecular flexibility index (Phi) is 9.85. The van der Waals surface area contributed by atoms with E-state index in [2.05, 4.69) is 10.6 Å². The van der Waals surface area contributed by atoms with Crippen molar-refractivity contribution in [3.63, 3.8) is 0 Å². The summed E-state index contributed by atoms with van der Waals surface area (Å²) >= 11 is 0. The van der Waals surface area contributed by atoms with E-state index in [9.17, 15) is 24.0 Å². The maximum absolute atomic E-state index is 12.5. The van der Waals surface area contributed by atoms with E-state index in [0.717, 1.165) is 19.6 Å². The highest BCUT2D eigenvalue weighted by molar-refractivity contribution is 5.81. The van der Waals surface area contributed by atoms with Gasteiger partial charge in [0.05, 0.1) is 13.2 Å². The van der Waals surface area contributed by atoms with Crippen molar-refractivity contribution in [2.45, 2.75) is 70.2 Å². The summed E-state index contributed by atoms with van der Waals surface area (Å²) in [4.78, 5) is 60.0. The number of rotatable bonds is 10. The molecule has 0 unspecified atom stereocenters. The van der Waals surface area contributed by atoms with Crippen LogP contribution in [0.2, 0.25) is 0 Å². The van der Waals surface area contributed by atoms with Gasteiger partial charge in [0.2, 0.25) is 0 Å². The number of benzene rings is 1. The molecule has 2 N–H and O–H groups in total. The number of carbonyl (C=O) groups excluding carboxylic acids is 5. The molecule has 0 saturated carbocycles. The minimum Gasteiger partial charge on any atom is -0.467 e. The molecule has 0 radical (unpaired) electrons. The normalized spacial score (nSPS) is 25.5. The minimum atomic E-state index is -1.33. The maximum Gasteiger partial charge on any atom is 0.408 e. The van der Waals surface area contributed by atoms with Gasteiger partial charge in [0.1, 0.15) is 25.4 Å². The molecule has 0 spiro atoms. The summed E-state index contributed by atoms with van der Waals surface area (Å²) in [5.41, 5.74) is 0.737. The van der Waals surface area contributed by atoms with Crippen molar-refractivity contribution in [1.29, 1.82) is 0 Å². The highest BCUT2D eigenvalue weighted by atomic mass is 16.7. The van der Waals surface area contributed by atoms with Gasteiger partial charge in [-0.1, -0.05) is 30.3 Å². The quantitative estimate of drug-likeness (QED) is 0.313. The van der Waals surface area contributed by atoms with E-state index in [1.165, 1.54) is 13.8 Å². The Labute approximate surface area is 218 Å². The summed E-state index contributed by atoms with van der Waals surface area (Å²) in [5, 5.41) is 4.93. The van der Waals surface area contributed by atoms with Gasteiger partial charge in [0.15, 0.2) is 24.5 Å². The van der Waals surface area contributed by atoms with E-state index in [4.69, 9.17) is 33.2 Å². The van der Waals surface area contributed by atoms with Crippen molar-refractivity contribution in [2.24, 2.45) is 0 Å². The molecule has 2 aliphatic heterocycles. The van der Waals surface area contributed by atoms with Crippen LogP contribution in [0.4, 0.5) is 9.59 Å². The van der Waals surface area contributed by atoms with Gasteiger partial charge in [-0.2, -0.15) is 0 Å². The largest absolute Gasteiger partial charge is 0.467 e. The first kappa shape index (κ1) is 28.7. The molecule has 2 fully saturated rings. The SMILES string of the molecule is COC(=O)[C@@H](NC(=O)OCc1ccccc1)[C@@H](C)O[C@H]1O[C@H](COC(C)=O)[C@@H](OC(C)=O)[C@@H]2OC(=O)N[C@@H]12. The summed E-state index contributed by atoms with van der Waals surface area (Å²) in [7, 11) is 1.13. The lowest BCUT2D eigenvalue weighted by Crippen LogP contribution is -2.63. The molecule has 38 heavy (non-hydrogen) atoms. The standard InChI is InChI=1S/C24H30N2O12/c1-12(17(21(29)32-4)25-23(30)34-10-15-8-6-5-7-9-15)35-22-18-20(38-24(31)26-18)19(36-14(3)28)16(37-22)11-33-13(2)27/h5-9,12,16-20,22H,10-11H2,1-4H3,(H,25,30)(H,26,31)/t12-,16-,17+,18-,19-,20-,22+/m1/s1. The zero-order chi connectivity index (χ0) is 27.8. The Balaban J connectivity index is 1.73. The number of nitrogens with one attached hydrogen (secondary N) is 2. The van der Waals surface area contributed by atoms with Crippen LogP contribution in [-0.4, -0.2) is 86.6 Å². The molecule has 2 heterocycles. The fraction of sp³-hybridized carbons (Fsp3) is 0.542. The van der Waals surface area contributed by atoms with Crippen LogP contribution in [0.25, 0.3) is 0 Å². The fourth-order valence-corrected chi connectivity index (χ4v) is 3.95. The van der Waals surface area contributed by atoms with Gasteiger partial charge >= 0.3 is 30.1 Å². The van der Waals surface area contributed by atoms with E-state index in [1.807, 2.05) is 6.07 Å². The van der Waals surface area contributed by atoms with Crippen LogP contribution in [0, 0.1) is 0 Å². The Hall–Kier alpha value is -3.91. The third kappa shape index (κ3) is 7.55. The molecule has 0 aliphatic carbocycles. The van der Waals surface area contributed by atoms with Crippen LogP contribution < -0.4 is 10.6 Å². The summed E-state index contributed by atoms with van der Waals surface area (Å²) < 4.78 is 37.4. The van der Waals surface area contributed by atoms with Gasteiger partial charge in [-0.05, 0) is 12.5 Å². The van der Waals surface area contributed by atoms with Gasteiger partial charge in [-0.25, -0.2) is 14.4 Å². The van der Waals surface area contributed by atoms with Crippen molar-refractivity contribution in [3.8, 4) is 0 Å². The number of fused-ring (bicyclic) bond motifs is 1. The molecule has 0 bridgehead atoms. The number of methoxy groups -OCH3 is 1. The molecular weight excluding hydrogens is 508 g/mol. The van der Waals surface area contributed by atoms with E-state index in [1.54, 1.807) is 24.3 Å². The van der Waals surface area contributed by atoms with Crippen LogP contribution in [0.3, 0.4) is 0 Å². The second-order valence-corrected chi connectivity index (χ2v) is 8.51. The zero-order valence-electron chi connectivity index (χ0n) is 21.2. The lowest BCUT2D eigenvalue weighted by molar-refractivity contribution is -0.275. The number of hydrogen-bond donors (Lipinski definition) is 2. The van der Waals surface area contributed by atoms with E-state index < -0.39 is 72.9 Å². The predicted molar refractivity (Wildman–Crippen MR) is 124 cm³/mol. The molecule has 2 saturated heterocycles. The molecule has 208 valence electrons. The first-order chi connectivity index (χ1) is 18.1. The third-order valence-corrected chi connectivity index (χ3v) is 5.69. The highest BCUT2D eigenvalue weighted by Gasteiger charge is 2.55. The fourth-order valence-electron chi connectivity index (χ4n) is 3.95. The summed E-state index contributed by atoms with van der Waals surface area (Å²) in [6.45, 7) is 3.44. The molecule has 0 aromatic heterocycles. The van der Waals surface area contributed by atoms with E-state index >= 15 is 0 Å². The average Bonchev–Trinajstić information content (AvgIpc) is 3.28. The molecular formula is C24H30N2O12. The molecule has 14 nitrogen and oxygen atoms in total. The average molecular weight is 539 g/mol. The Morgan fingerprint density at radius 2 is 1.79 bits per heavy atom. The van der Waals surface area contributed by atoms with E-state index in [0.29, 0.717) is 0 Å². The summed E-state index contributed by atoms with van der Waals surface area (Å²) in [6.07, 6.45) is -7.30. The van der Waals surface area contributed by atoms with Gasteiger partial charge in [0.25, 0.3) is 0 Å². The van der Waals surface area contributed by atoms with Gasteiger partial charge in [-0.15, -0.1) is 0 Å². The molecule has 1 aromatic rings. The van der Waals surface area contributed by atoms with Crippen molar-refractivity contribution in [1.82, 2.24) is 10.6 Å². The topological polar surface area (TPSA) is 174 Å². The van der Waals surface area contributed by atoms with Crippen LogP contribution in [0.15, 0.2) is 30.3 Å². The number of alkyl carbamates (subject to hydrolysis) is 2. The zero-order valence-corrected chi connectivity index (χ0v) is 21.2. The molecule has 7 atom stereocenters. The number of esters is 3. The van der Waals surface area contributed by atoms with Crippen molar-refractivity contribution in [3.05, 3.63) is 35.9 Å². The molecule has 2 amide bonds. The number of hydrogen-bond acceptors (Lipinski definition) is 12. The maximum atomic E-state index is 12.5. The molecule has 3 rings (SSSR count). The number of ether oxygens (including phenoxy) is 7. The van der Waals surface area contributed by atoms with Gasteiger partial charge in [-0.3, -0.25) is 9.59 Å². The molecule has 2 aliphatic rings. The van der Waals surface area contributed by atoms with Gasteiger partial charge < -0.3 is 43.8 Å². The number of carbonyl (C=O) groups is 5. The second kappa shape index (κ2) is 13.1. The highest BCUT2D eigenvalue weighted by Crippen LogP contribution is 2.31. The monoisotopic (exact) mass is 538 g/mol. The van der Waals surface area contributed by atoms with Crippen LogP contribution in [0.5, 0.6) is 0 Å². The smallest absolute Gasteiger partial charge is 0.408 e.